The van der Waals surface area contributed by atoms with Crippen LogP contribution in [0.15, 0.2) is 42.5 Å². The van der Waals surface area contributed by atoms with Gasteiger partial charge in [-0.3, -0.25) is 4.79 Å². The van der Waals surface area contributed by atoms with E-state index in [1.807, 2.05) is 12.1 Å². The zero-order valence-corrected chi connectivity index (χ0v) is 13.4. The van der Waals surface area contributed by atoms with Crippen LogP contribution in [0.25, 0.3) is 0 Å². The van der Waals surface area contributed by atoms with Crippen molar-refractivity contribution in [1.29, 1.82) is 0 Å². The van der Waals surface area contributed by atoms with Crippen LogP contribution in [0.2, 0.25) is 0 Å². The molecule has 6 heteroatoms. The SMILES string of the molecule is COC(=O)c1ccc(NC(=O)C2COc3ccccc3O2)c(C)c1. The second kappa shape index (κ2) is 6.62. The molecule has 1 heterocycles. The number of methoxy groups -OCH3 is 1. The maximum atomic E-state index is 12.4. The number of hydrogen-bond donors (Lipinski definition) is 1. The molecule has 0 saturated heterocycles. The predicted molar refractivity (Wildman–Crippen MR) is 87.5 cm³/mol. The van der Waals surface area contributed by atoms with Gasteiger partial charge in [0.05, 0.1) is 12.7 Å². The maximum absolute atomic E-state index is 12.4. The van der Waals surface area contributed by atoms with E-state index in [1.165, 1.54) is 7.11 Å². The van der Waals surface area contributed by atoms with Gasteiger partial charge in [0.25, 0.3) is 5.91 Å². The van der Waals surface area contributed by atoms with Crippen LogP contribution in [0.4, 0.5) is 5.69 Å². The van der Waals surface area contributed by atoms with Crippen LogP contribution < -0.4 is 14.8 Å². The number of para-hydroxylation sites is 2. The number of benzene rings is 2. The number of nitrogens with one attached hydrogen (secondary N) is 1. The molecule has 124 valence electrons. The number of esters is 1. The third-order valence-electron chi connectivity index (χ3n) is 3.71. The summed E-state index contributed by atoms with van der Waals surface area (Å²) in [5.41, 5.74) is 1.79. The summed E-state index contributed by atoms with van der Waals surface area (Å²) >= 11 is 0. The lowest BCUT2D eigenvalue weighted by atomic mass is 10.1. The Morgan fingerprint density at radius 1 is 1.17 bits per heavy atom. The molecule has 1 amide bonds. The lowest BCUT2D eigenvalue weighted by Crippen LogP contribution is -2.40. The zero-order valence-electron chi connectivity index (χ0n) is 13.4. The molecule has 1 unspecified atom stereocenters. The van der Waals surface area contributed by atoms with Crippen molar-refractivity contribution in [3.05, 3.63) is 53.6 Å². The highest BCUT2D eigenvalue weighted by atomic mass is 16.6. The number of aryl methyl sites for hydroxylation is 1. The number of rotatable bonds is 3. The minimum Gasteiger partial charge on any atom is -0.485 e. The van der Waals surface area contributed by atoms with Gasteiger partial charge in [-0.1, -0.05) is 12.1 Å². The van der Waals surface area contributed by atoms with E-state index < -0.39 is 12.1 Å². The number of anilines is 1. The van der Waals surface area contributed by atoms with E-state index in [4.69, 9.17) is 9.47 Å². The van der Waals surface area contributed by atoms with Gasteiger partial charge < -0.3 is 19.5 Å². The van der Waals surface area contributed by atoms with Crippen molar-refractivity contribution in [2.45, 2.75) is 13.0 Å². The number of hydrogen-bond acceptors (Lipinski definition) is 5. The summed E-state index contributed by atoms with van der Waals surface area (Å²) < 4.78 is 15.9. The second-order valence-electron chi connectivity index (χ2n) is 5.37. The third kappa shape index (κ3) is 3.17. The number of ether oxygens (including phenoxy) is 3. The Balaban J connectivity index is 1.70. The molecule has 0 bridgehead atoms. The van der Waals surface area contributed by atoms with Gasteiger partial charge in [-0.15, -0.1) is 0 Å². The molecule has 1 N–H and O–H groups in total. The van der Waals surface area contributed by atoms with Crippen LogP contribution in [-0.2, 0) is 9.53 Å². The van der Waals surface area contributed by atoms with Gasteiger partial charge in [0.1, 0.15) is 6.61 Å². The molecular weight excluding hydrogens is 310 g/mol. The fraction of sp³-hybridized carbons (Fsp3) is 0.222. The van der Waals surface area contributed by atoms with Gasteiger partial charge in [0.2, 0.25) is 6.10 Å². The van der Waals surface area contributed by atoms with E-state index in [2.05, 4.69) is 10.1 Å². The first-order chi connectivity index (χ1) is 11.6. The van der Waals surface area contributed by atoms with Gasteiger partial charge in [-0.2, -0.15) is 0 Å². The predicted octanol–water partition coefficient (Wildman–Crippen LogP) is 2.56. The summed E-state index contributed by atoms with van der Waals surface area (Å²) in [7, 11) is 1.33. The van der Waals surface area contributed by atoms with Crippen LogP contribution in [-0.4, -0.2) is 31.7 Å². The summed E-state index contributed by atoms with van der Waals surface area (Å²) in [6.45, 7) is 1.94. The molecule has 1 aliphatic rings. The number of amides is 1. The lowest BCUT2D eigenvalue weighted by Gasteiger charge is -2.25. The molecule has 3 rings (SSSR count). The lowest BCUT2D eigenvalue weighted by molar-refractivity contribution is -0.125. The van der Waals surface area contributed by atoms with E-state index in [0.29, 0.717) is 22.7 Å². The summed E-state index contributed by atoms with van der Waals surface area (Å²) in [6, 6.07) is 12.1. The minimum atomic E-state index is -0.736. The number of carbonyl (C=O) groups is 2. The highest BCUT2D eigenvalue weighted by molar-refractivity contribution is 5.96. The van der Waals surface area contributed by atoms with Gasteiger partial charge >= 0.3 is 5.97 Å². The molecule has 0 saturated carbocycles. The Bertz CT molecular complexity index is 787. The second-order valence-corrected chi connectivity index (χ2v) is 5.37. The Kier molecular flexibility index (Phi) is 4.37. The first kappa shape index (κ1) is 15.9. The molecule has 1 aliphatic heterocycles. The molecule has 1 atom stereocenters. The summed E-state index contributed by atoms with van der Waals surface area (Å²) in [4.78, 5) is 23.9. The molecule has 2 aromatic rings. The normalized spacial score (nSPS) is 15.5. The van der Waals surface area contributed by atoms with Crippen LogP contribution in [0.5, 0.6) is 11.5 Å². The average Bonchev–Trinajstić information content (AvgIpc) is 2.62. The molecule has 2 aromatic carbocycles. The molecule has 0 fully saturated rings. The van der Waals surface area contributed by atoms with Crippen molar-refractivity contribution in [1.82, 2.24) is 0 Å². The molecule has 0 spiro atoms. The average molecular weight is 327 g/mol. The monoisotopic (exact) mass is 327 g/mol. The van der Waals surface area contributed by atoms with Crippen molar-refractivity contribution in [3.63, 3.8) is 0 Å². The van der Waals surface area contributed by atoms with Gasteiger partial charge in [-0.05, 0) is 42.8 Å². The highest BCUT2D eigenvalue weighted by Crippen LogP contribution is 2.31. The van der Waals surface area contributed by atoms with Gasteiger partial charge in [0.15, 0.2) is 11.5 Å². The molecular formula is C18H17NO5. The van der Waals surface area contributed by atoms with E-state index in [0.717, 1.165) is 5.56 Å². The Hall–Kier alpha value is -3.02. The molecule has 0 aliphatic carbocycles. The van der Waals surface area contributed by atoms with Crippen LogP contribution in [0.3, 0.4) is 0 Å². The van der Waals surface area contributed by atoms with Gasteiger partial charge in [-0.25, -0.2) is 4.79 Å². The molecule has 0 radical (unpaired) electrons. The minimum absolute atomic E-state index is 0.141. The smallest absolute Gasteiger partial charge is 0.337 e. The van der Waals surface area contributed by atoms with Crippen molar-refractivity contribution in [2.75, 3.05) is 19.0 Å². The topological polar surface area (TPSA) is 73.9 Å². The van der Waals surface area contributed by atoms with Crippen LogP contribution in [0.1, 0.15) is 15.9 Å². The van der Waals surface area contributed by atoms with E-state index in [-0.39, 0.29) is 12.5 Å². The van der Waals surface area contributed by atoms with Crippen LogP contribution in [0, 0.1) is 6.92 Å². The standard InChI is InChI=1S/C18H17NO5/c1-11-9-12(18(21)22-2)7-8-13(11)19-17(20)16-10-23-14-5-3-4-6-15(14)24-16/h3-9,16H,10H2,1-2H3,(H,19,20). The largest absolute Gasteiger partial charge is 0.485 e. The molecule has 0 aromatic heterocycles. The van der Waals surface area contributed by atoms with Crippen LogP contribution >= 0.6 is 0 Å². The van der Waals surface area contributed by atoms with E-state index in [9.17, 15) is 9.59 Å². The number of carbonyl (C=O) groups excluding carboxylic acids is 2. The van der Waals surface area contributed by atoms with Crippen molar-refractivity contribution in [3.8, 4) is 11.5 Å². The Morgan fingerprint density at radius 3 is 2.62 bits per heavy atom. The maximum Gasteiger partial charge on any atom is 0.337 e. The van der Waals surface area contributed by atoms with Crippen molar-refractivity contribution >= 4 is 17.6 Å². The Labute approximate surface area is 139 Å². The Morgan fingerprint density at radius 2 is 1.92 bits per heavy atom. The third-order valence-corrected chi connectivity index (χ3v) is 3.71. The molecule has 6 nitrogen and oxygen atoms in total. The zero-order chi connectivity index (χ0) is 17.1. The quantitative estimate of drug-likeness (QED) is 0.877. The first-order valence-electron chi connectivity index (χ1n) is 7.47. The summed E-state index contributed by atoms with van der Waals surface area (Å²) in [6.07, 6.45) is -0.736. The highest BCUT2D eigenvalue weighted by Gasteiger charge is 2.27. The van der Waals surface area contributed by atoms with Gasteiger partial charge in [0, 0.05) is 5.69 Å². The summed E-state index contributed by atoms with van der Waals surface area (Å²) in [5.74, 6) is 0.442. The summed E-state index contributed by atoms with van der Waals surface area (Å²) in [5, 5.41) is 2.80. The first-order valence-corrected chi connectivity index (χ1v) is 7.47. The van der Waals surface area contributed by atoms with E-state index >= 15 is 0 Å². The number of fused-ring (bicyclic) bond motifs is 1. The molecule has 24 heavy (non-hydrogen) atoms. The van der Waals surface area contributed by atoms with Crippen molar-refractivity contribution < 1.29 is 23.8 Å². The fourth-order valence-corrected chi connectivity index (χ4v) is 2.41. The van der Waals surface area contributed by atoms with E-state index in [1.54, 1.807) is 37.3 Å². The van der Waals surface area contributed by atoms with Crippen molar-refractivity contribution in [2.24, 2.45) is 0 Å². The fourth-order valence-electron chi connectivity index (χ4n) is 2.41.